The van der Waals surface area contributed by atoms with E-state index in [0.29, 0.717) is 30.4 Å². The van der Waals surface area contributed by atoms with E-state index in [1.165, 1.54) is 10.4 Å². The Bertz CT molecular complexity index is 1390. The summed E-state index contributed by atoms with van der Waals surface area (Å²) >= 11 is 1.99. The first-order valence-corrected chi connectivity index (χ1v) is 14.7. The fraction of sp³-hybridized carbons (Fsp3) is 0.423. The monoisotopic (exact) mass is 512 g/mol. The Kier molecular flexibility index (Phi) is 5.99. The molecule has 3 aliphatic heterocycles. The van der Waals surface area contributed by atoms with Crippen molar-refractivity contribution in [2.75, 3.05) is 49.1 Å². The molecule has 4 heterocycles. The lowest BCUT2D eigenvalue weighted by atomic mass is 9.96. The molecule has 2 fully saturated rings. The molecular weight excluding hydrogens is 483 g/mol. The van der Waals surface area contributed by atoms with E-state index in [1.54, 1.807) is 12.1 Å². The van der Waals surface area contributed by atoms with Gasteiger partial charge in [0.05, 0.1) is 5.52 Å². The van der Waals surface area contributed by atoms with Crippen molar-refractivity contribution in [3.8, 4) is 0 Å². The van der Waals surface area contributed by atoms with Gasteiger partial charge in [0, 0.05) is 67.8 Å². The maximum absolute atomic E-state index is 14.7. The van der Waals surface area contributed by atoms with Crippen molar-refractivity contribution >= 4 is 38.5 Å². The summed E-state index contributed by atoms with van der Waals surface area (Å²) in [7, 11) is -3.87. The smallest absolute Gasteiger partial charge is 0.247 e. The van der Waals surface area contributed by atoms with Crippen molar-refractivity contribution in [3.05, 3.63) is 65.0 Å². The maximum Gasteiger partial charge on any atom is 0.247 e. The van der Waals surface area contributed by atoms with Crippen LogP contribution in [0.3, 0.4) is 0 Å². The number of halogens is 1. The summed E-state index contributed by atoms with van der Waals surface area (Å²) in [6.45, 7) is 6.04. The minimum Gasteiger partial charge on any atom is -0.352 e. The lowest BCUT2D eigenvalue weighted by molar-refractivity contribution is 0.182. The molecule has 35 heavy (non-hydrogen) atoms. The quantitative estimate of drug-likeness (QED) is 0.532. The van der Waals surface area contributed by atoms with Crippen molar-refractivity contribution in [2.45, 2.75) is 30.8 Å². The van der Waals surface area contributed by atoms with Gasteiger partial charge in [0.1, 0.15) is 16.5 Å². The molecule has 184 valence electrons. The zero-order valence-corrected chi connectivity index (χ0v) is 21.4. The van der Waals surface area contributed by atoms with Crippen molar-refractivity contribution in [2.24, 2.45) is 0 Å². The Morgan fingerprint density at radius 3 is 2.60 bits per heavy atom. The number of anilines is 1. The number of hydrogen-bond acceptors (Lipinski definition) is 6. The molecule has 3 aliphatic rings. The first-order valence-electron chi connectivity index (χ1n) is 12.2. The second-order valence-electron chi connectivity index (χ2n) is 9.62. The van der Waals surface area contributed by atoms with E-state index >= 15 is 0 Å². The SMILES string of the molecule is Cc1ccc(F)c2c1CCN(S(=O)(=O)c1cc3ccccc3nc1N1CC(N3CCSCC3)C1)C2. The van der Waals surface area contributed by atoms with Crippen LogP contribution < -0.4 is 4.90 Å². The van der Waals surface area contributed by atoms with Crippen LogP contribution in [-0.2, 0) is 23.0 Å². The highest BCUT2D eigenvalue weighted by atomic mass is 32.2. The lowest BCUT2D eigenvalue weighted by Crippen LogP contribution is -2.61. The molecule has 0 aliphatic carbocycles. The molecule has 6 nitrogen and oxygen atoms in total. The van der Waals surface area contributed by atoms with Crippen LogP contribution in [0.25, 0.3) is 10.9 Å². The van der Waals surface area contributed by atoms with Crippen LogP contribution in [-0.4, -0.2) is 72.9 Å². The summed E-state index contributed by atoms with van der Waals surface area (Å²) in [5.74, 6) is 2.47. The zero-order valence-electron chi connectivity index (χ0n) is 19.8. The molecule has 0 N–H and O–H groups in total. The second kappa shape index (κ2) is 9.03. The molecule has 1 aromatic heterocycles. The third-order valence-corrected chi connectivity index (χ3v) is 10.4. The molecule has 9 heteroatoms. The van der Waals surface area contributed by atoms with Gasteiger partial charge in [-0.2, -0.15) is 16.1 Å². The summed E-state index contributed by atoms with van der Waals surface area (Å²) in [5.41, 5.74) is 3.21. The molecular formula is C26H29FN4O2S2. The van der Waals surface area contributed by atoms with Crippen LogP contribution in [0.1, 0.15) is 16.7 Å². The van der Waals surface area contributed by atoms with Gasteiger partial charge in [-0.1, -0.05) is 24.3 Å². The van der Waals surface area contributed by atoms with E-state index in [2.05, 4.69) is 9.80 Å². The van der Waals surface area contributed by atoms with E-state index in [1.807, 2.05) is 43.0 Å². The Hall–Kier alpha value is -2.20. The highest BCUT2D eigenvalue weighted by Crippen LogP contribution is 2.36. The predicted molar refractivity (Wildman–Crippen MR) is 139 cm³/mol. The van der Waals surface area contributed by atoms with Crippen LogP contribution in [0.4, 0.5) is 10.2 Å². The van der Waals surface area contributed by atoms with Crippen LogP contribution >= 0.6 is 11.8 Å². The number of thioether (sulfide) groups is 1. The molecule has 0 atom stereocenters. The van der Waals surface area contributed by atoms with Crippen LogP contribution in [0.15, 0.2) is 47.4 Å². The lowest BCUT2D eigenvalue weighted by Gasteiger charge is -2.47. The van der Waals surface area contributed by atoms with Gasteiger partial charge in [-0.05, 0) is 42.7 Å². The molecule has 0 spiro atoms. The Balaban J connectivity index is 1.35. The normalized spacial score (nSPS) is 20.1. The van der Waals surface area contributed by atoms with Crippen LogP contribution in [0.5, 0.6) is 0 Å². The number of hydrogen-bond donors (Lipinski definition) is 0. The molecule has 2 saturated heterocycles. The minimum absolute atomic E-state index is 0.0471. The summed E-state index contributed by atoms with van der Waals surface area (Å²) in [5, 5.41) is 0.791. The topological polar surface area (TPSA) is 56.8 Å². The second-order valence-corrected chi connectivity index (χ2v) is 12.8. The molecule has 0 saturated carbocycles. The molecule has 0 bridgehead atoms. The van der Waals surface area contributed by atoms with Gasteiger partial charge in [0.2, 0.25) is 10.0 Å². The average molecular weight is 513 g/mol. The van der Waals surface area contributed by atoms with Gasteiger partial charge >= 0.3 is 0 Å². The predicted octanol–water partition coefficient (Wildman–Crippen LogP) is 3.67. The number of nitrogens with zero attached hydrogens (tertiary/aromatic N) is 4. The number of pyridine rings is 1. The van der Waals surface area contributed by atoms with Gasteiger partial charge in [0.25, 0.3) is 0 Å². The van der Waals surface area contributed by atoms with Crippen molar-refractivity contribution in [1.29, 1.82) is 0 Å². The zero-order chi connectivity index (χ0) is 24.2. The fourth-order valence-corrected chi connectivity index (χ4v) is 7.96. The Morgan fingerprint density at radius 1 is 1.03 bits per heavy atom. The summed E-state index contributed by atoms with van der Waals surface area (Å²) in [4.78, 5) is 9.66. The number of benzene rings is 2. The molecule has 0 amide bonds. The van der Waals surface area contributed by atoms with Crippen LogP contribution in [0, 0.1) is 12.7 Å². The summed E-state index contributed by atoms with van der Waals surface area (Å²) in [6, 6.07) is 13.0. The highest BCUT2D eigenvalue weighted by Gasteiger charge is 2.39. The average Bonchev–Trinajstić information content (AvgIpc) is 2.85. The molecule has 3 aromatic rings. The number of sulfonamides is 1. The maximum atomic E-state index is 14.7. The first-order chi connectivity index (χ1) is 16.9. The molecule has 0 unspecified atom stereocenters. The van der Waals surface area contributed by atoms with Gasteiger partial charge in [-0.25, -0.2) is 17.8 Å². The third kappa shape index (κ3) is 4.12. The van der Waals surface area contributed by atoms with E-state index in [0.717, 1.165) is 59.7 Å². The van der Waals surface area contributed by atoms with Gasteiger partial charge in [-0.3, -0.25) is 4.90 Å². The number of para-hydroxylation sites is 1. The van der Waals surface area contributed by atoms with Crippen LogP contribution in [0.2, 0.25) is 0 Å². The van der Waals surface area contributed by atoms with E-state index in [4.69, 9.17) is 4.98 Å². The molecule has 0 radical (unpaired) electrons. The standard InChI is InChI=1S/C26H29FN4O2S2/c1-18-6-7-23(27)22-17-31(9-8-21(18)22)35(32,33)25-14-19-4-2-3-5-24(19)28-26(25)30-15-20(16-30)29-10-12-34-13-11-29/h2-7,14,20H,8-13,15-17H2,1H3. The largest absolute Gasteiger partial charge is 0.352 e. The van der Waals surface area contributed by atoms with Crippen molar-refractivity contribution < 1.29 is 12.8 Å². The van der Waals surface area contributed by atoms with E-state index in [9.17, 15) is 12.8 Å². The molecule has 2 aromatic carbocycles. The van der Waals surface area contributed by atoms with Gasteiger partial charge in [0.15, 0.2) is 0 Å². The fourth-order valence-electron chi connectivity index (χ4n) is 5.44. The van der Waals surface area contributed by atoms with Gasteiger partial charge < -0.3 is 4.90 Å². The Morgan fingerprint density at radius 2 is 1.80 bits per heavy atom. The van der Waals surface area contributed by atoms with Crippen molar-refractivity contribution in [3.63, 3.8) is 0 Å². The van der Waals surface area contributed by atoms with Gasteiger partial charge in [-0.15, -0.1) is 0 Å². The highest BCUT2D eigenvalue weighted by molar-refractivity contribution is 7.99. The number of fused-ring (bicyclic) bond motifs is 2. The minimum atomic E-state index is -3.87. The summed E-state index contributed by atoms with van der Waals surface area (Å²) < 4.78 is 44.1. The number of rotatable bonds is 4. The third-order valence-electron chi connectivity index (χ3n) is 7.57. The van der Waals surface area contributed by atoms with Crippen molar-refractivity contribution in [1.82, 2.24) is 14.2 Å². The van der Waals surface area contributed by atoms with E-state index < -0.39 is 10.0 Å². The van der Waals surface area contributed by atoms with E-state index in [-0.39, 0.29) is 17.3 Å². The summed E-state index contributed by atoms with van der Waals surface area (Å²) in [6.07, 6.45) is 0.507. The first kappa shape index (κ1) is 23.2. The number of aryl methyl sites for hydroxylation is 1. The Labute approximate surface area is 210 Å². The number of aromatic nitrogens is 1. The molecule has 6 rings (SSSR count).